The first-order valence-corrected chi connectivity index (χ1v) is 14.5. The highest BCUT2D eigenvalue weighted by atomic mass is 19.1. The van der Waals surface area contributed by atoms with Crippen LogP contribution in [0.2, 0.25) is 0 Å². The van der Waals surface area contributed by atoms with Gasteiger partial charge in [-0.25, -0.2) is 28.5 Å². The molecule has 0 amide bonds. The van der Waals surface area contributed by atoms with Crippen LogP contribution in [0.5, 0.6) is 0 Å². The number of esters is 1. The largest absolute Gasteiger partial charge is 0.459 e. The number of carbonyl (C=O) groups excluding carboxylic acids is 3. The van der Waals surface area contributed by atoms with Crippen LogP contribution < -0.4 is 0 Å². The molecule has 2 atom stereocenters. The van der Waals surface area contributed by atoms with Crippen LogP contribution in [-0.4, -0.2) is 36.7 Å². The maximum absolute atomic E-state index is 15.3. The molecule has 0 bridgehead atoms. The van der Waals surface area contributed by atoms with Gasteiger partial charge >= 0.3 is 17.9 Å². The maximum atomic E-state index is 15.3. The SMILES string of the molecule is CCCCCC[C@H](C)OC(=O)c1ccc(-c2cc(C(=O)OOC(=O)[C@H](C)OCCC)ccc2-c2ccccc2)cc1F. The van der Waals surface area contributed by atoms with Crippen molar-refractivity contribution in [1.29, 1.82) is 0 Å². The third kappa shape index (κ3) is 9.24. The average Bonchev–Trinajstić information content (AvgIpc) is 3.00. The molecule has 0 saturated carbocycles. The Hall–Kier alpha value is -4.04. The van der Waals surface area contributed by atoms with Crippen molar-refractivity contribution in [3.8, 4) is 22.3 Å². The smallest absolute Gasteiger partial charge is 0.386 e. The van der Waals surface area contributed by atoms with E-state index in [1.54, 1.807) is 12.1 Å². The zero-order chi connectivity index (χ0) is 30.5. The van der Waals surface area contributed by atoms with Gasteiger partial charge in [-0.2, -0.15) is 0 Å². The molecule has 7 nitrogen and oxygen atoms in total. The summed E-state index contributed by atoms with van der Waals surface area (Å²) in [5, 5.41) is 0. The molecule has 224 valence electrons. The predicted molar refractivity (Wildman–Crippen MR) is 158 cm³/mol. The van der Waals surface area contributed by atoms with Gasteiger partial charge in [0.15, 0.2) is 6.10 Å². The van der Waals surface area contributed by atoms with E-state index in [1.165, 1.54) is 31.2 Å². The van der Waals surface area contributed by atoms with Crippen molar-refractivity contribution in [2.24, 2.45) is 0 Å². The Balaban J connectivity index is 1.83. The van der Waals surface area contributed by atoms with E-state index in [0.29, 0.717) is 17.7 Å². The van der Waals surface area contributed by atoms with Gasteiger partial charge in [-0.3, -0.25) is 0 Å². The average molecular weight is 579 g/mol. The first-order valence-electron chi connectivity index (χ1n) is 14.5. The number of ether oxygens (including phenoxy) is 2. The van der Waals surface area contributed by atoms with Crippen molar-refractivity contribution < 1.29 is 38.0 Å². The molecule has 0 radical (unpaired) electrons. The summed E-state index contributed by atoms with van der Waals surface area (Å²) >= 11 is 0. The normalized spacial score (nSPS) is 12.3. The molecular formula is C34H39FO7. The van der Waals surface area contributed by atoms with E-state index in [0.717, 1.165) is 49.7 Å². The van der Waals surface area contributed by atoms with Crippen LogP contribution in [0.1, 0.15) is 86.9 Å². The highest BCUT2D eigenvalue weighted by Gasteiger charge is 2.22. The minimum Gasteiger partial charge on any atom is -0.459 e. The number of hydrogen-bond acceptors (Lipinski definition) is 7. The van der Waals surface area contributed by atoms with Crippen molar-refractivity contribution in [3.63, 3.8) is 0 Å². The van der Waals surface area contributed by atoms with Gasteiger partial charge in [-0.15, -0.1) is 0 Å². The second-order valence-electron chi connectivity index (χ2n) is 10.2. The third-order valence-electron chi connectivity index (χ3n) is 6.72. The van der Waals surface area contributed by atoms with Gasteiger partial charge in [0.05, 0.1) is 17.2 Å². The Labute approximate surface area is 246 Å². The molecule has 0 unspecified atom stereocenters. The molecule has 0 N–H and O–H groups in total. The maximum Gasteiger partial charge on any atom is 0.386 e. The minimum atomic E-state index is -0.902. The van der Waals surface area contributed by atoms with Crippen LogP contribution in [0.15, 0.2) is 66.7 Å². The summed E-state index contributed by atoms with van der Waals surface area (Å²) < 4.78 is 26.1. The summed E-state index contributed by atoms with van der Waals surface area (Å²) in [5.74, 6) is -3.20. The minimum absolute atomic E-state index is 0.0837. The van der Waals surface area contributed by atoms with E-state index >= 15 is 4.39 Å². The fourth-order valence-corrected chi connectivity index (χ4v) is 4.35. The number of rotatable bonds is 14. The number of halogens is 1. The lowest BCUT2D eigenvalue weighted by Gasteiger charge is -2.15. The molecule has 0 spiro atoms. The Kier molecular flexibility index (Phi) is 12.7. The summed E-state index contributed by atoms with van der Waals surface area (Å²) in [6.07, 6.45) is 4.45. The molecule has 0 aliphatic carbocycles. The third-order valence-corrected chi connectivity index (χ3v) is 6.72. The number of carbonyl (C=O) groups is 3. The number of hydrogen-bond donors (Lipinski definition) is 0. The van der Waals surface area contributed by atoms with Crippen LogP contribution in [-0.2, 0) is 24.0 Å². The van der Waals surface area contributed by atoms with Crippen molar-refractivity contribution in [2.75, 3.05) is 6.61 Å². The van der Waals surface area contributed by atoms with Gasteiger partial charge in [0.25, 0.3) is 0 Å². The lowest BCUT2D eigenvalue weighted by atomic mass is 9.92. The van der Waals surface area contributed by atoms with Gasteiger partial charge in [-0.1, -0.05) is 75.6 Å². The Bertz CT molecular complexity index is 1340. The van der Waals surface area contributed by atoms with Crippen LogP contribution >= 0.6 is 0 Å². The van der Waals surface area contributed by atoms with Gasteiger partial charge in [0.2, 0.25) is 0 Å². The first kappa shape index (κ1) is 32.5. The van der Waals surface area contributed by atoms with Crippen LogP contribution in [0.4, 0.5) is 4.39 Å². The first-order chi connectivity index (χ1) is 20.2. The lowest BCUT2D eigenvalue weighted by molar-refractivity contribution is -0.242. The van der Waals surface area contributed by atoms with Gasteiger partial charge in [-0.05, 0) is 79.6 Å². The molecule has 0 fully saturated rings. The van der Waals surface area contributed by atoms with Gasteiger partial charge in [0, 0.05) is 6.61 Å². The van der Waals surface area contributed by atoms with E-state index in [9.17, 15) is 14.4 Å². The predicted octanol–water partition coefficient (Wildman–Crippen LogP) is 8.11. The Morgan fingerprint density at radius 3 is 2.21 bits per heavy atom. The zero-order valence-electron chi connectivity index (χ0n) is 24.7. The van der Waals surface area contributed by atoms with Crippen LogP contribution in [0.25, 0.3) is 22.3 Å². The van der Waals surface area contributed by atoms with Crippen molar-refractivity contribution in [2.45, 2.75) is 78.4 Å². The van der Waals surface area contributed by atoms with Crippen LogP contribution in [0, 0.1) is 5.82 Å². The van der Waals surface area contributed by atoms with E-state index in [1.807, 2.05) is 44.2 Å². The van der Waals surface area contributed by atoms with Crippen molar-refractivity contribution in [1.82, 2.24) is 0 Å². The number of benzene rings is 3. The Morgan fingerprint density at radius 2 is 1.52 bits per heavy atom. The summed E-state index contributed by atoms with van der Waals surface area (Å²) in [4.78, 5) is 47.0. The second-order valence-corrected chi connectivity index (χ2v) is 10.2. The molecule has 0 aliphatic heterocycles. The molecule has 3 aromatic rings. The molecule has 0 aliphatic rings. The van der Waals surface area contributed by atoms with Crippen LogP contribution in [0.3, 0.4) is 0 Å². The Morgan fingerprint density at radius 1 is 0.762 bits per heavy atom. The monoisotopic (exact) mass is 578 g/mol. The second kappa shape index (κ2) is 16.4. The van der Waals surface area contributed by atoms with E-state index < -0.39 is 29.8 Å². The topological polar surface area (TPSA) is 88.1 Å². The zero-order valence-corrected chi connectivity index (χ0v) is 24.7. The van der Waals surface area contributed by atoms with Gasteiger partial charge < -0.3 is 9.47 Å². The highest BCUT2D eigenvalue weighted by molar-refractivity contribution is 5.95. The van der Waals surface area contributed by atoms with Crippen molar-refractivity contribution in [3.05, 3.63) is 83.7 Å². The summed E-state index contributed by atoms with van der Waals surface area (Å²) in [5.41, 5.74) is 2.43. The summed E-state index contributed by atoms with van der Waals surface area (Å²) in [7, 11) is 0. The highest BCUT2D eigenvalue weighted by Crippen LogP contribution is 2.34. The molecular weight excluding hydrogens is 539 g/mol. The summed E-state index contributed by atoms with van der Waals surface area (Å²) in [6, 6.07) is 18.4. The molecule has 8 heteroatoms. The van der Waals surface area contributed by atoms with Crippen molar-refractivity contribution >= 4 is 17.9 Å². The van der Waals surface area contributed by atoms with E-state index in [4.69, 9.17) is 14.4 Å². The van der Waals surface area contributed by atoms with E-state index in [-0.39, 0.29) is 17.2 Å². The summed E-state index contributed by atoms with van der Waals surface area (Å²) in [6.45, 7) is 7.70. The fraction of sp³-hybridized carbons (Fsp3) is 0.382. The quantitative estimate of drug-likeness (QED) is 0.0826. The molecule has 42 heavy (non-hydrogen) atoms. The lowest BCUT2D eigenvalue weighted by Crippen LogP contribution is -2.25. The van der Waals surface area contributed by atoms with Gasteiger partial charge in [0.1, 0.15) is 5.82 Å². The molecule has 0 aromatic heterocycles. The molecule has 3 aromatic carbocycles. The molecule has 3 rings (SSSR count). The standard InChI is InChI=1S/C34H39FO7/c1-5-7-8-10-13-23(3)40-34(38)29-19-16-26(22-31(29)35)30-21-27(17-18-28(30)25-14-11-9-12-15-25)33(37)42-41-32(36)24(4)39-20-6-2/h9,11-12,14-19,21-24H,5-8,10,13,20H2,1-4H3/t23-,24-/m0/s1. The van der Waals surface area contributed by atoms with E-state index in [2.05, 4.69) is 11.8 Å². The molecule has 0 heterocycles. The number of unbranched alkanes of at least 4 members (excludes halogenated alkanes) is 3. The molecule has 0 saturated heterocycles. The fourth-order valence-electron chi connectivity index (χ4n) is 4.35.